The van der Waals surface area contributed by atoms with E-state index in [0.29, 0.717) is 13.0 Å². The van der Waals surface area contributed by atoms with Crippen molar-refractivity contribution in [2.75, 3.05) is 19.8 Å². The van der Waals surface area contributed by atoms with Crippen LogP contribution in [0.1, 0.15) is 201 Å². The lowest BCUT2D eigenvalue weighted by Crippen LogP contribution is -2.30. The number of esters is 2. The molecule has 0 saturated heterocycles. The predicted octanol–water partition coefficient (Wildman–Crippen LogP) is 16.4. The summed E-state index contributed by atoms with van der Waals surface area (Å²) < 4.78 is 17.2. The van der Waals surface area contributed by atoms with Crippen LogP contribution in [-0.4, -0.2) is 37.9 Å². The van der Waals surface area contributed by atoms with Crippen molar-refractivity contribution in [1.29, 1.82) is 0 Å². The maximum atomic E-state index is 12.7. The van der Waals surface area contributed by atoms with Gasteiger partial charge in [0.15, 0.2) is 6.10 Å². The lowest BCUT2D eigenvalue weighted by Gasteiger charge is -2.18. The number of unbranched alkanes of at least 4 members (excludes halogenated alkanes) is 15. The Balaban J connectivity index is 4.34. The second-order valence-corrected chi connectivity index (χ2v) is 15.6. The van der Waals surface area contributed by atoms with Crippen LogP contribution in [0.25, 0.3) is 0 Å². The summed E-state index contributed by atoms with van der Waals surface area (Å²) >= 11 is 0. The molecule has 0 aromatic rings. The first-order valence-corrected chi connectivity index (χ1v) is 24.4. The number of hydrogen-bond donors (Lipinski definition) is 0. The molecule has 0 saturated carbocycles. The van der Waals surface area contributed by atoms with Crippen molar-refractivity contribution in [3.05, 3.63) is 109 Å². The number of carbonyl (C=O) groups is 2. The van der Waals surface area contributed by atoms with Gasteiger partial charge in [-0.05, 0) is 83.5 Å². The molecule has 0 aliphatic rings. The minimum absolute atomic E-state index is 0.0218. The van der Waals surface area contributed by atoms with E-state index < -0.39 is 6.10 Å². The lowest BCUT2D eigenvalue weighted by atomic mass is 10.1. The van der Waals surface area contributed by atoms with E-state index in [9.17, 15) is 9.59 Å². The van der Waals surface area contributed by atoms with Gasteiger partial charge < -0.3 is 14.2 Å². The molecule has 0 spiro atoms. The van der Waals surface area contributed by atoms with Crippen LogP contribution in [0, 0.1) is 0 Å². The van der Waals surface area contributed by atoms with Gasteiger partial charge in [-0.1, -0.05) is 214 Å². The van der Waals surface area contributed by atoms with E-state index in [1.165, 1.54) is 70.6 Å². The number of carbonyl (C=O) groups excluding carboxylic acids is 2. The van der Waals surface area contributed by atoms with Crippen LogP contribution in [-0.2, 0) is 23.8 Å². The van der Waals surface area contributed by atoms with Crippen LogP contribution in [0.2, 0.25) is 0 Å². The second kappa shape index (κ2) is 49.9. The third-order valence-corrected chi connectivity index (χ3v) is 9.84. The summed E-state index contributed by atoms with van der Waals surface area (Å²) in [5.74, 6) is -0.558. The minimum Gasteiger partial charge on any atom is -0.461 e. The fourth-order valence-electron chi connectivity index (χ4n) is 6.28. The average Bonchev–Trinajstić information content (AvgIpc) is 3.25. The molecule has 0 bridgehead atoms. The molecule has 0 fully saturated rings. The zero-order valence-corrected chi connectivity index (χ0v) is 38.9. The number of hydrogen-bond acceptors (Lipinski definition) is 5. The van der Waals surface area contributed by atoms with E-state index in [1.807, 2.05) is 12.2 Å². The van der Waals surface area contributed by atoms with Gasteiger partial charge in [-0.3, -0.25) is 9.59 Å². The Hall–Kier alpha value is -3.44. The standard InChI is InChI=1S/C55H90O5/c1-4-7-10-13-16-19-21-23-25-26-27-28-29-31-33-35-38-41-44-47-50-58-51-53(60-55(57)49-46-43-40-36-18-15-12-9-6-3)52-59-54(56)48-45-42-39-37-34-32-30-24-22-20-17-14-11-8-5-2/h7-8,10-11,16-17,19-20,23-25,27-28,30,34,37,42,45,53H,4-6,9,12-15,18,21-22,26,29,31-33,35-36,38-41,43-44,46-52H2,1-3H3/b10-7-,11-8-,19-16-,20-17-,25-23-,28-27-,30-24-,37-34-,45-42-. The largest absolute Gasteiger partial charge is 0.461 e. The summed E-state index contributed by atoms with van der Waals surface area (Å²) in [6, 6.07) is 0. The second-order valence-electron chi connectivity index (χ2n) is 15.6. The molecule has 5 nitrogen and oxygen atoms in total. The van der Waals surface area contributed by atoms with Crippen LogP contribution in [0.3, 0.4) is 0 Å². The molecule has 0 aromatic heterocycles. The Morgan fingerprint density at radius 3 is 1.28 bits per heavy atom. The van der Waals surface area contributed by atoms with E-state index in [2.05, 4.69) is 118 Å². The third kappa shape index (κ3) is 47.2. The van der Waals surface area contributed by atoms with Gasteiger partial charge >= 0.3 is 11.9 Å². The highest BCUT2D eigenvalue weighted by atomic mass is 16.6. The van der Waals surface area contributed by atoms with Gasteiger partial charge in [0.05, 0.1) is 13.0 Å². The summed E-state index contributed by atoms with van der Waals surface area (Å²) in [4.78, 5) is 25.2. The van der Waals surface area contributed by atoms with Crippen molar-refractivity contribution in [3.8, 4) is 0 Å². The smallest absolute Gasteiger partial charge is 0.309 e. The van der Waals surface area contributed by atoms with Gasteiger partial charge in [0.1, 0.15) is 6.61 Å². The Labute approximate surface area is 370 Å². The molecule has 1 unspecified atom stereocenters. The number of allylic oxidation sites excluding steroid dienone is 17. The Morgan fingerprint density at radius 2 is 0.800 bits per heavy atom. The monoisotopic (exact) mass is 831 g/mol. The molecule has 0 aliphatic heterocycles. The fourth-order valence-corrected chi connectivity index (χ4v) is 6.28. The van der Waals surface area contributed by atoms with Crippen LogP contribution in [0.5, 0.6) is 0 Å². The topological polar surface area (TPSA) is 61.8 Å². The first-order chi connectivity index (χ1) is 29.6. The first-order valence-electron chi connectivity index (χ1n) is 24.4. The SMILES string of the molecule is CC/C=C\C/C=C\C/C=C\C/C=C\C/C=C\CC(=O)OCC(COCCCCCCCCC/C=C\C/C=C\C/C=C\C/C=C\CC)OC(=O)CCCCCCCCCCC. The van der Waals surface area contributed by atoms with E-state index in [0.717, 1.165) is 96.3 Å². The summed E-state index contributed by atoms with van der Waals surface area (Å²) in [6.07, 6.45) is 68.4. The minimum atomic E-state index is -0.585. The third-order valence-electron chi connectivity index (χ3n) is 9.84. The summed E-state index contributed by atoms with van der Waals surface area (Å²) in [5, 5.41) is 0. The molecule has 1 atom stereocenters. The van der Waals surface area contributed by atoms with Crippen LogP contribution in [0.15, 0.2) is 109 Å². The quantitative estimate of drug-likeness (QED) is 0.0348. The van der Waals surface area contributed by atoms with E-state index in [-0.39, 0.29) is 31.6 Å². The van der Waals surface area contributed by atoms with Crippen molar-refractivity contribution in [2.45, 2.75) is 207 Å². The highest BCUT2D eigenvalue weighted by Gasteiger charge is 2.17. The van der Waals surface area contributed by atoms with Crippen molar-refractivity contribution >= 4 is 11.9 Å². The normalized spacial score (nSPS) is 13.2. The van der Waals surface area contributed by atoms with Gasteiger partial charge in [-0.25, -0.2) is 0 Å². The van der Waals surface area contributed by atoms with Crippen LogP contribution in [0.4, 0.5) is 0 Å². The maximum Gasteiger partial charge on any atom is 0.309 e. The Morgan fingerprint density at radius 1 is 0.400 bits per heavy atom. The molecule has 0 aromatic carbocycles. The van der Waals surface area contributed by atoms with E-state index >= 15 is 0 Å². The molecule has 0 radical (unpaired) electrons. The highest BCUT2D eigenvalue weighted by Crippen LogP contribution is 2.13. The van der Waals surface area contributed by atoms with Gasteiger partial charge in [-0.15, -0.1) is 0 Å². The summed E-state index contributed by atoms with van der Waals surface area (Å²) in [5.41, 5.74) is 0. The molecule has 60 heavy (non-hydrogen) atoms. The Kier molecular flexibility index (Phi) is 47.1. The van der Waals surface area contributed by atoms with E-state index in [1.54, 1.807) is 0 Å². The number of ether oxygens (including phenoxy) is 3. The van der Waals surface area contributed by atoms with Gasteiger partial charge in [-0.2, -0.15) is 0 Å². The van der Waals surface area contributed by atoms with Gasteiger partial charge in [0, 0.05) is 13.0 Å². The van der Waals surface area contributed by atoms with Crippen molar-refractivity contribution < 1.29 is 23.8 Å². The molecule has 0 rings (SSSR count). The van der Waals surface area contributed by atoms with Crippen LogP contribution >= 0.6 is 0 Å². The lowest BCUT2D eigenvalue weighted by molar-refractivity contribution is -0.162. The molecule has 0 heterocycles. The molecular formula is C55H90O5. The molecule has 5 heteroatoms. The van der Waals surface area contributed by atoms with E-state index in [4.69, 9.17) is 14.2 Å². The molecular weight excluding hydrogens is 741 g/mol. The van der Waals surface area contributed by atoms with Gasteiger partial charge in [0.25, 0.3) is 0 Å². The van der Waals surface area contributed by atoms with Gasteiger partial charge in [0.2, 0.25) is 0 Å². The zero-order valence-electron chi connectivity index (χ0n) is 38.9. The summed E-state index contributed by atoms with van der Waals surface area (Å²) in [6.45, 7) is 7.44. The van der Waals surface area contributed by atoms with Crippen molar-refractivity contribution in [1.82, 2.24) is 0 Å². The fraction of sp³-hybridized carbons (Fsp3) is 0.636. The highest BCUT2D eigenvalue weighted by molar-refractivity contribution is 5.71. The van der Waals surface area contributed by atoms with Crippen LogP contribution < -0.4 is 0 Å². The van der Waals surface area contributed by atoms with Crippen molar-refractivity contribution in [3.63, 3.8) is 0 Å². The van der Waals surface area contributed by atoms with Crippen molar-refractivity contribution in [2.24, 2.45) is 0 Å². The Bertz CT molecular complexity index is 1210. The molecule has 0 aliphatic carbocycles. The number of rotatable bonds is 43. The maximum absolute atomic E-state index is 12.7. The average molecular weight is 831 g/mol. The predicted molar refractivity (Wildman–Crippen MR) is 260 cm³/mol. The summed E-state index contributed by atoms with van der Waals surface area (Å²) in [7, 11) is 0. The first kappa shape index (κ1) is 56.6. The zero-order chi connectivity index (χ0) is 43.5. The molecule has 0 amide bonds. The molecule has 0 N–H and O–H groups in total. The molecule has 340 valence electrons.